The van der Waals surface area contributed by atoms with Gasteiger partial charge in [-0.1, -0.05) is 15.9 Å². The van der Waals surface area contributed by atoms with Crippen LogP contribution in [0.3, 0.4) is 0 Å². The third-order valence-corrected chi connectivity index (χ3v) is 4.30. The van der Waals surface area contributed by atoms with Crippen LogP contribution in [0, 0.1) is 11.7 Å². The summed E-state index contributed by atoms with van der Waals surface area (Å²) in [6.45, 7) is 4.50. The molecule has 0 aliphatic carbocycles. The van der Waals surface area contributed by atoms with Crippen molar-refractivity contribution in [1.29, 1.82) is 0 Å². The Hall–Kier alpha value is -0.940. The second kappa shape index (κ2) is 7.18. The van der Waals surface area contributed by atoms with Crippen molar-refractivity contribution in [2.24, 2.45) is 5.92 Å². The van der Waals surface area contributed by atoms with Crippen molar-refractivity contribution >= 4 is 21.9 Å². The van der Waals surface area contributed by atoms with Crippen LogP contribution in [-0.4, -0.2) is 30.6 Å². The molecule has 0 saturated carbocycles. The van der Waals surface area contributed by atoms with E-state index >= 15 is 0 Å². The minimum atomic E-state index is -0.234. The standard InChI is InChI=1S/C15H19BrFNO2/c1-2-20-15(19)11-4-3-7-18(9-11)10-12-8-13(17)5-6-14(12)16/h5-6,8,11H,2-4,7,9-10H2,1H3. The van der Waals surface area contributed by atoms with Gasteiger partial charge in [0, 0.05) is 17.6 Å². The van der Waals surface area contributed by atoms with Crippen LogP contribution in [0.5, 0.6) is 0 Å². The number of likely N-dealkylation sites (tertiary alicyclic amines) is 1. The summed E-state index contributed by atoms with van der Waals surface area (Å²) in [7, 11) is 0. The van der Waals surface area contributed by atoms with E-state index in [1.807, 2.05) is 6.92 Å². The Labute approximate surface area is 127 Å². The molecule has 0 radical (unpaired) electrons. The zero-order valence-electron chi connectivity index (χ0n) is 11.6. The lowest BCUT2D eigenvalue weighted by Crippen LogP contribution is -2.39. The first-order chi connectivity index (χ1) is 9.60. The number of carbonyl (C=O) groups is 1. The van der Waals surface area contributed by atoms with Gasteiger partial charge in [-0.05, 0) is 50.1 Å². The van der Waals surface area contributed by atoms with Gasteiger partial charge in [0.15, 0.2) is 0 Å². The third-order valence-electron chi connectivity index (χ3n) is 3.53. The van der Waals surface area contributed by atoms with E-state index in [-0.39, 0.29) is 17.7 Å². The SMILES string of the molecule is CCOC(=O)C1CCCN(Cc2cc(F)ccc2Br)C1. The lowest BCUT2D eigenvalue weighted by atomic mass is 9.97. The molecule has 5 heteroatoms. The molecule has 1 aromatic carbocycles. The summed E-state index contributed by atoms with van der Waals surface area (Å²) in [6, 6.07) is 4.70. The van der Waals surface area contributed by atoms with Gasteiger partial charge in [0.1, 0.15) is 5.82 Å². The second-order valence-corrected chi connectivity index (χ2v) is 5.92. The van der Waals surface area contributed by atoms with Gasteiger partial charge >= 0.3 is 5.97 Å². The van der Waals surface area contributed by atoms with E-state index in [1.165, 1.54) is 12.1 Å². The number of esters is 1. The number of carbonyl (C=O) groups excluding carboxylic acids is 1. The van der Waals surface area contributed by atoms with Crippen LogP contribution in [-0.2, 0) is 16.1 Å². The van der Waals surface area contributed by atoms with Gasteiger partial charge in [0.25, 0.3) is 0 Å². The maximum absolute atomic E-state index is 13.3. The van der Waals surface area contributed by atoms with Gasteiger partial charge in [0.05, 0.1) is 12.5 Å². The zero-order chi connectivity index (χ0) is 14.5. The van der Waals surface area contributed by atoms with E-state index < -0.39 is 0 Å². The highest BCUT2D eigenvalue weighted by Crippen LogP contribution is 2.23. The Kier molecular flexibility index (Phi) is 5.54. The molecule has 1 atom stereocenters. The molecule has 1 heterocycles. The van der Waals surface area contributed by atoms with Crippen LogP contribution in [0.25, 0.3) is 0 Å². The summed E-state index contributed by atoms with van der Waals surface area (Å²) in [4.78, 5) is 14.0. The predicted molar refractivity (Wildman–Crippen MR) is 78.7 cm³/mol. The summed E-state index contributed by atoms with van der Waals surface area (Å²) >= 11 is 3.44. The largest absolute Gasteiger partial charge is 0.466 e. The monoisotopic (exact) mass is 343 g/mol. The van der Waals surface area contributed by atoms with Gasteiger partial charge in [-0.2, -0.15) is 0 Å². The molecular formula is C15H19BrFNO2. The third kappa shape index (κ3) is 4.03. The smallest absolute Gasteiger partial charge is 0.310 e. The molecule has 0 bridgehead atoms. The van der Waals surface area contributed by atoms with Crippen LogP contribution >= 0.6 is 15.9 Å². The van der Waals surface area contributed by atoms with E-state index in [2.05, 4.69) is 20.8 Å². The number of hydrogen-bond donors (Lipinski definition) is 0. The fourth-order valence-electron chi connectivity index (χ4n) is 2.56. The van der Waals surface area contributed by atoms with Crippen LogP contribution in [0.1, 0.15) is 25.3 Å². The number of ether oxygens (including phenoxy) is 1. The Balaban J connectivity index is 1.99. The van der Waals surface area contributed by atoms with E-state index in [1.54, 1.807) is 6.07 Å². The topological polar surface area (TPSA) is 29.5 Å². The Bertz CT molecular complexity index is 481. The molecule has 1 saturated heterocycles. The van der Waals surface area contributed by atoms with E-state index in [4.69, 9.17) is 4.74 Å². The first-order valence-corrected chi connectivity index (χ1v) is 7.72. The van der Waals surface area contributed by atoms with Gasteiger partial charge < -0.3 is 4.74 Å². The number of piperidine rings is 1. The molecule has 1 aliphatic heterocycles. The van der Waals surface area contributed by atoms with Crippen molar-refractivity contribution in [2.75, 3.05) is 19.7 Å². The van der Waals surface area contributed by atoms with Crippen LogP contribution < -0.4 is 0 Å². The summed E-state index contributed by atoms with van der Waals surface area (Å²) in [5.74, 6) is -0.409. The zero-order valence-corrected chi connectivity index (χ0v) is 13.2. The molecule has 0 N–H and O–H groups in total. The number of halogens is 2. The number of rotatable bonds is 4. The molecule has 1 unspecified atom stereocenters. The summed E-state index contributed by atoms with van der Waals surface area (Å²) in [5, 5.41) is 0. The first kappa shape index (κ1) is 15.4. The van der Waals surface area contributed by atoms with Crippen LogP contribution in [0.15, 0.2) is 22.7 Å². The van der Waals surface area contributed by atoms with Gasteiger partial charge in [-0.25, -0.2) is 4.39 Å². The Morgan fingerprint density at radius 2 is 2.35 bits per heavy atom. The summed E-state index contributed by atoms with van der Waals surface area (Å²) in [5.41, 5.74) is 0.912. The molecular weight excluding hydrogens is 325 g/mol. The maximum Gasteiger partial charge on any atom is 0.310 e. The fourth-order valence-corrected chi connectivity index (χ4v) is 2.93. The quantitative estimate of drug-likeness (QED) is 0.785. The van der Waals surface area contributed by atoms with Crippen molar-refractivity contribution < 1.29 is 13.9 Å². The van der Waals surface area contributed by atoms with Gasteiger partial charge in [-0.3, -0.25) is 9.69 Å². The summed E-state index contributed by atoms with van der Waals surface area (Å²) < 4.78 is 19.3. The average molecular weight is 344 g/mol. The van der Waals surface area contributed by atoms with Crippen molar-refractivity contribution in [2.45, 2.75) is 26.3 Å². The normalized spacial score (nSPS) is 19.9. The first-order valence-electron chi connectivity index (χ1n) is 6.93. The van der Waals surface area contributed by atoms with Gasteiger partial charge in [0.2, 0.25) is 0 Å². The molecule has 1 fully saturated rings. The van der Waals surface area contributed by atoms with Crippen molar-refractivity contribution in [1.82, 2.24) is 4.90 Å². The molecule has 110 valence electrons. The number of hydrogen-bond acceptors (Lipinski definition) is 3. The van der Waals surface area contributed by atoms with Crippen LogP contribution in [0.4, 0.5) is 4.39 Å². The molecule has 1 aliphatic rings. The molecule has 3 nitrogen and oxygen atoms in total. The van der Waals surface area contributed by atoms with E-state index in [0.29, 0.717) is 19.7 Å². The lowest BCUT2D eigenvalue weighted by molar-refractivity contribution is -0.150. The molecule has 2 rings (SSSR count). The summed E-state index contributed by atoms with van der Waals surface area (Å²) in [6.07, 6.45) is 1.84. The highest BCUT2D eigenvalue weighted by molar-refractivity contribution is 9.10. The minimum Gasteiger partial charge on any atom is -0.466 e. The Morgan fingerprint density at radius 1 is 1.55 bits per heavy atom. The number of nitrogens with zero attached hydrogens (tertiary/aromatic N) is 1. The Morgan fingerprint density at radius 3 is 3.10 bits per heavy atom. The maximum atomic E-state index is 13.3. The van der Waals surface area contributed by atoms with E-state index in [9.17, 15) is 9.18 Å². The van der Waals surface area contributed by atoms with Crippen molar-refractivity contribution in [3.05, 3.63) is 34.1 Å². The molecule has 1 aromatic rings. The van der Waals surface area contributed by atoms with Gasteiger partial charge in [-0.15, -0.1) is 0 Å². The minimum absolute atomic E-state index is 0.0592. The van der Waals surface area contributed by atoms with Crippen LogP contribution in [0.2, 0.25) is 0 Å². The fraction of sp³-hybridized carbons (Fsp3) is 0.533. The molecule has 0 aromatic heterocycles. The highest BCUT2D eigenvalue weighted by Gasteiger charge is 2.27. The van der Waals surface area contributed by atoms with Crippen molar-refractivity contribution in [3.63, 3.8) is 0 Å². The highest BCUT2D eigenvalue weighted by atomic mass is 79.9. The van der Waals surface area contributed by atoms with Crippen molar-refractivity contribution in [3.8, 4) is 0 Å². The van der Waals surface area contributed by atoms with E-state index in [0.717, 1.165) is 29.4 Å². The molecule has 20 heavy (non-hydrogen) atoms. The molecule has 0 spiro atoms. The number of benzene rings is 1. The average Bonchev–Trinajstić information content (AvgIpc) is 2.43. The molecule has 0 amide bonds. The lowest BCUT2D eigenvalue weighted by Gasteiger charge is -2.31. The predicted octanol–water partition coefficient (Wildman–Crippen LogP) is 3.36. The second-order valence-electron chi connectivity index (χ2n) is 5.06.